The molecule has 0 bridgehead atoms. The smallest absolute Gasteiger partial charge is 0.266 e. The molecule has 1 unspecified atom stereocenters. The van der Waals surface area contributed by atoms with Crippen LogP contribution in [0, 0.1) is 5.82 Å². The fourth-order valence-corrected chi connectivity index (χ4v) is 6.54. The minimum Gasteiger partial charge on any atom is -0.497 e. The fourth-order valence-electron chi connectivity index (χ4n) is 3.76. The molecule has 1 amide bonds. The molecule has 1 saturated heterocycles. The summed E-state index contributed by atoms with van der Waals surface area (Å²) in [7, 11) is -2.35. The minimum absolute atomic E-state index is 0.106. The molecule has 0 spiro atoms. The third-order valence-electron chi connectivity index (χ3n) is 5.32. The summed E-state index contributed by atoms with van der Waals surface area (Å²) >= 11 is 1.21. The number of nitrogens with zero attached hydrogens (tertiary/aromatic N) is 3. The number of benzene rings is 2. The summed E-state index contributed by atoms with van der Waals surface area (Å²) in [5.41, 5.74) is 0.787. The van der Waals surface area contributed by atoms with Crippen LogP contribution in [-0.2, 0) is 21.4 Å². The Labute approximate surface area is 183 Å². The molecule has 0 aliphatic carbocycles. The number of hydrogen-bond donors (Lipinski definition) is 0. The highest BCUT2D eigenvalue weighted by Gasteiger charge is 2.39. The molecule has 1 aliphatic heterocycles. The van der Waals surface area contributed by atoms with E-state index in [0.717, 1.165) is 5.52 Å². The van der Waals surface area contributed by atoms with Gasteiger partial charge in [-0.25, -0.2) is 12.8 Å². The monoisotopic (exact) mass is 463 g/mol. The summed E-state index contributed by atoms with van der Waals surface area (Å²) in [6.07, 6.45) is 0.982. The van der Waals surface area contributed by atoms with Crippen LogP contribution in [0.4, 0.5) is 4.39 Å². The summed E-state index contributed by atoms with van der Waals surface area (Å²) in [6.45, 7) is 2.72. The van der Waals surface area contributed by atoms with Gasteiger partial charge in [0.25, 0.3) is 5.91 Å². The van der Waals surface area contributed by atoms with Crippen molar-refractivity contribution < 1.29 is 22.3 Å². The first-order valence-electron chi connectivity index (χ1n) is 9.88. The summed E-state index contributed by atoms with van der Waals surface area (Å²) in [5.74, 6) is -0.320. The van der Waals surface area contributed by atoms with Crippen LogP contribution in [0.5, 0.6) is 5.75 Å². The third kappa shape index (κ3) is 4.02. The summed E-state index contributed by atoms with van der Waals surface area (Å²) in [4.78, 5) is 17.8. The zero-order valence-electron chi connectivity index (χ0n) is 17.1. The summed E-state index contributed by atoms with van der Waals surface area (Å²) in [5, 5.41) is 0. The lowest BCUT2D eigenvalue weighted by Crippen LogP contribution is -2.40. The van der Waals surface area contributed by atoms with Crippen molar-refractivity contribution in [3.05, 3.63) is 53.1 Å². The lowest BCUT2D eigenvalue weighted by molar-refractivity contribution is -0.121. The number of thiazole rings is 1. The maximum absolute atomic E-state index is 13.6. The van der Waals surface area contributed by atoms with E-state index >= 15 is 0 Å². The molecule has 10 heteroatoms. The Hall–Kier alpha value is -2.56. The van der Waals surface area contributed by atoms with Gasteiger partial charge in [-0.2, -0.15) is 9.30 Å². The van der Waals surface area contributed by atoms with Gasteiger partial charge in [-0.15, -0.1) is 0 Å². The molecule has 7 nitrogen and oxygen atoms in total. The Morgan fingerprint density at radius 2 is 2.00 bits per heavy atom. The number of rotatable bonds is 5. The number of halogens is 1. The second kappa shape index (κ2) is 8.52. The number of fused-ring (bicyclic) bond motifs is 1. The highest BCUT2D eigenvalue weighted by Crippen LogP contribution is 2.28. The van der Waals surface area contributed by atoms with Crippen molar-refractivity contribution in [3.63, 3.8) is 0 Å². The molecule has 164 valence electrons. The first-order valence-corrected chi connectivity index (χ1v) is 12.1. The lowest BCUT2D eigenvalue weighted by Gasteiger charge is -2.21. The molecule has 1 atom stereocenters. The number of sulfonamides is 1. The van der Waals surface area contributed by atoms with Gasteiger partial charge in [0.15, 0.2) is 4.80 Å². The molecule has 1 aliphatic rings. The molecule has 0 saturated carbocycles. The second-order valence-electron chi connectivity index (χ2n) is 7.14. The van der Waals surface area contributed by atoms with Crippen molar-refractivity contribution in [2.45, 2.75) is 37.2 Å². The fraction of sp³-hybridized carbons (Fsp3) is 0.333. The Kier molecular flexibility index (Phi) is 5.96. The van der Waals surface area contributed by atoms with Gasteiger partial charge in [-0.1, -0.05) is 11.3 Å². The highest BCUT2D eigenvalue weighted by atomic mass is 32.2. The van der Waals surface area contributed by atoms with Crippen molar-refractivity contribution in [1.29, 1.82) is 0 Å². The van der Waals surface area contributed by atoms with E-state index in [-0.39, 0.29) is 17.3 Å². The van der Waals surface area contributed by atoms with Crippen LogP contribution in [0.25, 0.3) is 10.2 Å². The average molecular weight is 464 g/mol. The first kappa shape index (κ1) is 21.7. The number of amides is 1. The zero-order chi connectivity index (χ0) is 22.2. The maximum atomic E-state index is 13.6. The first-order chi connectivity index (χ1) is 14.8. The molecule has 1 aromatic heterocycles. The Morgan fingerprint density at radius 3 is 2.68 bits per heavy atom. The van der Waals surface area contributed by atoms with Gasteiger partial charge in [0, 0.05) is 13.1 Å². The van der Waals surface area contributed by atoms with E-state index in [1.165, 1.54) is 47.0 Å². The highest BCUT2D eigenvalue weighted by molar-refractivity contribution is 7.89. The third-order valence-corrected chi connectivity index (χ3v) is 8.29. The number of aryl methyl sites for hydroxylation is 1. The van der Waals surface area contributed by atoms with Crippen LogP contribution in [0.2, 0.25) is 0 Å². The van der Waals surface area contributed by atoms with E-state index in [2.05, 4.69) is 4.99 Å². The van der Waals surface area contributed by atoms with Gasteiger partial charge in [0.2, 0.25) is 10.0 Å². The largest absolute Gasteiger partial charge is 0.497 e. The number of carbonyl (C=O) groups excluding carboxylic acids is 1. The van der Waals surface area contributed by atoms with Crippen molar-refractivity contribution in [3.8, 4) is 5.75 Å². The quantitative estimate of drug-likeness (QED) is 0.582. The van der Waals surface area contributed by atoms with Gasteiger partial charge in [-0.3, -0.25) is 4.79 Å². The van der Waals surface area contributed by atoms with Crippen molar-refractivity contribution in [2.24, 2.45) is 4.99 Å². The Balaban J connectivity index is 1.69. The van der Waals surface area contributed by atoms with Gasteiger partial charge in [-0.05, 0) is 62.2 Å². The normalized spacial score (nSPS) is 18.0. The molecule has 2 heterocycles. The Morgan fingerprint density at radius 1 is 1.26 bits per heavy atom. The van der Waals surface area contributed by atoms with Gasteiger partial charge >= 0.3 is 0 Å². The molecule has 0 radical (unpaired) electrons. The summed E-state index contributed by atoms with van der Waals surface area (Å²) < 4.78 is 48.7. The SMILES string of the molecule is CCn1c(=NC(=O)C2CCCN2S(=O)(=O)c2ccc(OC)cc2)sc2cc(F)ccc21. The van der Waals surface area contributed by atoms with Crippen LogP contribution >= 0.6 is 11.3 Å². The van der Waals surface area contributed by atoms with Gasteiger partial charge in [0.05, 0.1) is 22.2 Å². The van der Waals surface area contributed by atoms with Crippen LogP contribution < -0.4 is 9.54 Å². The molecule has 31 heavy (non-hydrogen) atoms. The van der Waals surface area contributed by atoms with Crippen LogP contribution in [0.3, 0.4) is 0 Å². The average Bonchev–Trinajstić information content (AvgIpc) is 3.38. The number of hydrogen-bond acceptors (Lipinski definition) is 5. The molecular weight excluding hydrogens is 441 g/mol. The molecular formula is C21H22FN3O4S2. The van der Waals surface area contributed by atoms with Crippen LogP contribution in [0.1, 0.15) is 19.8 Å². The molecule has 0 N–H and O–H groups in total. The van der Waals surface area contributed by atoms with Gasteiger partial charge in [0.1, 0.15) is 17.6 Å². The van der Waals surface area contributed by atoms with Crippen LogP contribution in [0.15, 0.2) is 52.4 Å². The van der Waals surface area contributed by atoms with Crippen molar-refractivity contribution in [1.82, 2.24) is 8.87 Å². The molecule has 4 rings (SSSR count). The lowest BCUT2D eigenvalue weighted by atomic mass is 10.2. The maximum Gasteiger partial charge on any atom is 0.266 e. The number of aromatic nitrogens is 1. The van der Waals surface area contributed by atoms with Crippen molar-refractivity contribution in [2.75, 3.05) is 13.7 Å². The van der Waals surface area contributed by atoms with E-state index in [0.29, 0.717) is 34.6 Å². The van der Waals surface area contributed by atoms with E-state index in [4.69, 9.17) is 4.74 Å². The molecule has 3 aromatic rings. The summed E-state index contributed by atoms with van der Waals surface area (Å²) in [6, 6.07) is 9.66. The zero-order valence-corrected chi connectivity index (χ0v) is 18.7. The van der Waals surface area contributed by atoms with Crippen LogP contribution in [-0.4, -0.2) is 42.9 Å². The molecule has 2 aromatic carbocycles. The van der Waals surface area contributed by atoms with E-state index in [9.17, 15) is 17.6 Å². The Bertz CT molecular complexity index is 1300. The minimum atomic E-state index is -3.85. The second-order valence-corrected chi connectivity index (χ2v) is 10.0. The van der Waals surface area contributed by atoms with E-state index in [1.807, 2.05) is 11.5 Å². The number of ether oxygens (including phenoxy) is 1. The van der Waals surface area contributed by atoms with E-state index < -0.39 is 22.0 Å². The van der Waals surface area contributed by atoms with E-state index in [1.54, 1.807) is 18.2 Å². The number of carbonyl (C=O) groups is 1. The van der Waals surface area contributed by atoms with Gasteiger partial charge < -0.3 is 9.30 Å². The number of methoxy groups -OCH3 is 1. The predicted molar refractivity (Wildman–Crippen MR) is 116 cm³/mol. The molecule has 1 fully saturated rings. The topological polar surface area (TPSA) is 81.0 Å². The standard InChI is InChI=1S/C21H22FN3O4S2/c1-3-24-17-11-6-14(22)13-19(17)30-21(24)23-20(26)18-5-4-12-25(18)31(27,28)16-9-7-15(29-2)8-10-16/h6-11,13,18H,3-5,12H2,1-2H3. The van der Waals surface area contributed by atoms with Crippen molar-refractivity contribution >= 4 is 37.5 Å². The predicted octanol–water partition coefficient (Wildman–Crippen LogP) is 3.15.